The number of halogens is 1. The largest absolute Gasteiger partial charge is 0.383 e. The van der Waals surface area contributed by atoms with Crippen LogP contribution in [0, 0.1) is 3.57 Å². The molecule has 5 heteroatoms. The predicted octanol–water partition coefficient (Wildman–Crippen LogP) is 3.74. The van der Waals surface area contributed by atoms with Crippen molar-refractivity contribution in [2.75, 3.05) is 12.3 Å². The second kappa shape index (κ2) is 7.70. The third-order valence-corrected chi connectivity index (χ3v) is 4.29. The molecule has 0 aliphatic heterocycles. The fraction of sp³-hybridized carbons (Fsp3) is 0.375. The van der Waals surface area contributed by atoms with E-state index < -0.39 is 0 Å². The van der Waals surface area contributed by atoms with Gasteiger partial charge in [-0.25, -0.2) is 9.97 Å². The number of anilines is 1. The van der Waals surface area contributed by atoms with Crippen LogP contribution in [0.1, 0.15) is 43.5 Å². The normalized spacial score (nSPS) is 12.3. The molecule has 112 valence electrons. The van der Waals surface area contributed by atoms with Crippen LogP contribution in [0.3, 0.4) is 0 Å². The van der Waals surface area contributed by atoms with Crippen LogP contribution in [0.15, 0.2) is 30.3 Å². The van der Waals surface area contributed by atoms with Crippen molar-refractivity contribution in [1.29, 1.82) is 0 Å². The zero-order chi connectivity index (χ0) is 15.2. The summed E-state index contributed by atoms with van der Waals surface area (Å²) in [5, 5.41) is 0. The van der Waals surface area contributed by atoms with E-state index in [0.29, 0.717) is 18.2 Å². The monoisotopic (exact) mass is 397 g/mol. The number of hydrogen-bond donors (Lipinski definition) is 1. The van der Waals surface area contributed by atoms with Crippen LogP contribution >= 0.6 is 22.6 Å². The number of nitrogens with zero attached hydrogens (tertiary/aromatic N) is 2. The Hall–Kier alpha value is -1.21. The van der Waals surface area contributed by atoms with Crippen molar-refractivity contribution < 1.29 is 4.74 Å². The van der Waals surface area contributed by atoms with E-state index in [-0.39, 0.29) is 6.10 Å². The fourth-order valence-corrected chi connectivity index (χ4v) is 2.68. The van der Waals surface area contributed by atoms with E-state index in [1.807, 2.05) is 37.3 Å². The van der Waals surface area contributed by atoms with E-state index >= 15 is 0 Å². The van der Waals surface area contributed by atoms with Gasteiger partial charge in [0.25, 0.3) is 0 Å². The lowest BCUT2D eigenvalue weighted by atomic mass is 10.1. The molecule has 1 heterocycles. The first-order chi connectivity index (χ1) is 10.2. The van der Waals surface area contributed by atoms with Crippen molar-refractivity contribution in [2.45, 2.75) is 32.8 Å². The molecule has 0 radical (unpaired) electrons. The minimum atomic E-state index is -0.272. The summed E-state index contributed by atoms with van der Waals surface area (Å²) < 4.78 is 6.80. The van der Waals surface area contributed by atoms with E-state index in [1.165, 1.54) is 0 Å². The Balaban J connectivity index is 2.45. The van der Waals surface area contributed by atoms with Gasteiger partial charge in [-0.15, -0.1) is 0 Å². The van der Waals surface area contributed by atoms with Gasteiger partial charge in [-0.2, -0.15) is 0 Å². The van der Waals surface area contributed by atoms with E-state index in [2.05, 4.69) is 34.5 Å². The Kier molecular flexibility index (Phi) is 5.93. The van der Waals surface area contributed by atoms with Crippen molar-refractivity contribution in [1.82, 2.24) is 9.97 Å². The van der Waals surface area contributed by atoms with Crippen molar-refractivity contribution >= 4 is 28.4 Å². The van der Waals surface area contributed by atoms with Gasteiger partial charge in [-0.3, -0.25) is 0 Å². The third kappa shape index (κ3) is 3.91. The Morgan fingerprint density at radius 3 is 2.52 bits per heavy atom. The molecule has 2 aromatic rings. The summed E-state index contributed by atoms with van der Waals surface area (Å²) in [6.07, 6.45) is 1.65. The van der Waals surface area contributed by atoms with Crippen molar-refractivity contribution in [3.05, 3.63) is 51.0 Å². The van der Waals surface area contributed by atoms with Gasteiger partial charge in [-0.1, -0.05) is 43.7 Å². The molecule has 0 amide bonds. The highest BCUT2D eigenvalue weighted by Gasteiger charge is 2.20. The quantitative estimate of drug-likeness (QED) is 0.755. The first kappa shape index (κ1) is 16.2. The van der Waals surface area contributed by atoms with Crippen molar-refractivity contribution in [3.8, 4) is 0 Å². The minimum absolute atomic E-state index is 0.272. The summed E-state index contributed by atoms with van der Waals surface area (Å²) >= 11 is 2.21. The van der Waals surface area contributed by atoms with Gasteiger partial charge in [0.1, 0.15) is 11.9 Å². The number of nitrogens with two attached hydrogens (primary N) is 1. The van der Waals surface area contributed by atoms with Gasteiger partial charge in [0, 0.05) is 6.61 Å². The molecular formula is C16H20IN3O. The fourth-order valence-electron chi connectivity index (χ4n) is 2.17. The Labute approximate surface area is 139 Å². The maximum Gasteiger partial charge on any atom is 0.164 e. The predicted molar refractivity (Wildman–Crippen MR) is 93.1 cm³/mol. The number of ether oxygens (including phenoxy) is 1. The number of hydrogen-bond acceptors (Lipinski definition) is 4. The van der Waals surface area contributed by atoms with Crippen LogP contribution in [0.2, 0.25) is 0 Å². The molecule has 1 atom stereocenters. The molecule has 0 saturated carbocycles. The van der Waals surface area contributed by atoms with Gasteiger partial charge >= 0.3 is 0 Å². The number of benzene rings is 1. The minimum Gasteiger partial charge on any atom is -0.383 e. The van der Waals surface area contributed by atoms with E-state index in [4.69, 9.17) is 15.5 Å². The van der Waals surface area contributed by atoms with Gasteiger partial charge in [-0.05, 0) is 41.5 Å². The summed E-state index contributed by atoms with van der Waals surface area (Å²) in [5.41, 5.74) is 8.09. The average molecular weight is 397 g/mol. The van der Waals surface area contributed by atoms with Crippen molar-refractivity contribution in [3.63, 3.8) is 0 Å². The molecule has 0 spiro atoms. The summed E-state index contributed by atoms with van der Waals surface area (Å²) in [4.78, 5) is 9.14. The second-order valence-electron chi connectivity index (χ2n) is 4.72. The molecule has 0 aliphatic rings. The SMILES string of the molecule is CCCc1nc(C(OCC)c2ccccc2)nc(N)c1I. The third-order valence-electron chi connectivity index (χ3n) is 3.12. The summed E-state index contributed by atoms with van der Waals surface area (Å²) in [6.45, 7) is 4.70. The molecule has 0 bridgehead atoms. The van der Waals surface area contributed by atoms with Gasteiger partial charge in [0.15, 0.2) is 5.82 Å². The molecular weight excluding hydrogens is 377 g/mol. The number of rotatable bonds is 6. The lowest BCUT2D eigenvalue weighted by Gasteiger charge is -2.18. The highest BCUT2D eigenvalue weighted by molar-refractivity contribution is 14.1. The number of nitrogen functional groups attached to an aromatic ring is 1. The van der Waals surface area contributed by atoms with Gasteiger partial charge in [0.05, 0.1) is 9.26 Å². The van der Waals surface area contributed by atoms with E-state index in [0.717, 1.165) is 27.7 Å². The summed E-state index contributed by atoms with van der Waals surface area (Å²) in [5.74, 6) is 1.18. The lowest BCUT2D eigenvalue weighted by molar-refractivity contribution is 0.0850. The van der Waals surface area contributed by atoms with Gasteiger partial charge < -0.3 is 10.5 Å². The van der Waals surface area contributed by atoms with Crippen LogP contribution in [-0.2, 0) is 11.2 Å². The highest BCUT2D eigenvalue weighted by Crippen LogP contribution is 2.26. The lowest BCUT2D eigenvalue weighted by Crippen LogP contribution is -2.14. The topological polar surface area (TPSA) is 61.0 Å². The van der Waals surface area contributed by atoms with Crippen LogP contribution in [0.4, 0.5) is 5.82 Å². The Bertz CT molecular complexity index is 590. The maximum atomic E-state index is 6.05. The maximum absolute atomic E-state index is 6.05. The molecule has 21 heavy (non-hydrogen) atoms. The first-order valence-electron chi connectivity index (χ1n) is 7.15. The second-order valence-corrected chi connectivity index (χ2v) is 5.80. The van der Waals surface area contributed by atoms with Crippen LogP contribution in [-0.4, -0.2) is 16.6 Å². The smallest absolute Gasteiger partial charge is 0.164 e. The average Bonchev–Trinajstić information content (AvgIpc) is 2.50. The number of aromatic nitrogens is 2. The molecule has 4 nitrogen and oxygen atoms in total. The highest BCUT2D eigenvalue weighted by atomic mass is 127. The molecule has 2 N–H and O–H groups in total. The van der Waals surface area contributed by atoms with E-state index in [1.54, 1.807) is 0 Å². The molecule has 1 aromatic heterocycles. The van der Waals surface area contributed by atoms with Crippen LogP contribution in [0.5, 0.6) is 0 Å². The molecule has 0 aliphatic carbocycles. The summed E-state index contributed by atoms with van der Waals surface area (Å²) in [6, 6.07) is 10.0. The molecule has 0 saturated heterocycles. The standard InChI is InChI=1S/C16H20IN3O/c1-3-8-12-13(17)15(18)20-16(19-12)14(21-4-2)11-9-6-5-7-10-11/h5-7,9-10,14H,3-4,8H2,1-2H3,(H2,18,19,20). The van der Waals surface area contributed by atoms with Crippen LogP contribution in [0.25, 0.3) is 0 Å². The van der Waals surface area contributed by atoms with Crippen molar-refractivity contribution in [2.24, 2.45) is 0 Å². The molecule has 2 rings (SSSR count). The Morgan fingerprint density at radius 2 is 1.90 bits per heavy atom. The first-order valence-corrected chi connectivity index (χ1v) is 8.23. The summed E-state index contributed by atoms with van der Waals surface area (Å²) in [7, 11) is 0. The van der Waals surface area contributed by atoms with E-state index in [9.17, 15) is 0 Å². The van der Waals surface area contributed by atoms with Crippen LogP contribution < -0.4 is 5.73 Å². The Morgan fingerprint density at radius 1 is 1.19 bits per heavy atom. The zero-order valence-corrected chi connectivity index (χ0v) is 14.5. The number of aryl methyl sites for hydroxylation is 1. The molecule has 1 unspecified atom stereocenters. The molecule has 0 fully saturated rings. The molecule has 1 aromatic carbocycles. The zero-order valence-electron chi connectivity index (χ0n) is 12.3. The van der Waals surface area contributed by atoms with Gasteiger partial charge in [0.2, 0.25) is 0 Å².